The van der Waals surface area contributed by atoms with Gasteiger partial charge in [-0.15, -0.1) is 0 Å². The molecule has 0 aromatic carbocycles. The number of carboxylic acid groups (broad SMARTS) is 1. The van der Waals surface area contributed by atoms with E-state index in [0.29, 0.717) is 19.6 Å². The molecule has 1 rings (SSSR count). The zero-order valence-corrected chi connectivity index (χ0v) is 8.08. The van der Waals surface area contributed by atoms with Gasteiger partial charge in [0.05, 0.1) is 13.2 Å². The summed E-state index contributed by atoms with van der Waals surface area (Å²) in [4.78, 5) is 10.3. The molecule has 1 aliphatic rings. The van der Waals surface area contributed by atoms with Gasteiger partial charge in [-0.25, -0.2) is 0 Å². The molecule has 0 aromatic heterocycles. The Hall–Kier alpha value is -0.610. The second-order valence-corrected chi connectivity index (χ2v) is 3.82. The maximum atomic E-state index is 10.3. The quantitative estimate of drug-likeness (QED) is 0.724. The molecule has 0 bridgehead atoms. The van der Waals surface area contributed by atoms with E-state index in [1.165, 1.54) is 0 Å². The molecule has 0 atom stereocenters. The molecule has 0 unspecified atom stereocenters. The van der Waals surface area contributed by atoms with Gasteiger partial charge in [-0.05, 0) is 20.3 Å². The van der Waals surface area contributed by atoms with Crippen molar-refractivity contribution in [1.82, 2.24) is 0 Å². The van der Waals surface area contributed by atoms with Crippen LogP contribution in [0.3, 0.4) is 0 Å². The number of hydrogen-bond donors (Lipinski definition) is 1. The van der Waals surface area contributed by atoms with Crippen molar-refractivity contribution in [2.45, 2.75) is 32.5 Å². The van der Waals surface area contributed by atoms with Gasteiger partial charge in [0.2, 0.25) is 0 Å². The molecule has 0 radical (unpaired) electrons. The Bertz CT molecular complexity index is 178. The molecule has 4 nitrogen and oxygen atoms in total. The molecule has 13 heavy (non-hydrogen) atoms. The fraction of sp³-hybridized carbons (Fsp3) is 0.889. The van der Waals surface area contributed by atoms with E-state index in [2.05, 4.69) is 0 Å². The van der Waals surface area contributed by atoms with Crippen molar-refractivity contribution in [2.24, 2.45) is 5.92 Å². The predicted molar refractivity (Wildman–Crippen MR) is 46.3 cm³/mol. The van der Waals surface area contributed by atoms with Crippen LogP contribution in [0, 0.1) is 5.92 Å². The third kappa shape index (κ3) is 3.74. The summed E-state index contributed by atoms with van der Waals surface area (Å²) in [7, 11) is 0. The van der Waals surface area contributed by atoms with E-state index in [1.54, 1.807) is 0 Å². The van der Waals surface area contributed by atoms with Crippen LogP contribution in [-0.2, 0) is 14.3 Å². The van der Waals surface area contributed by atoms with Crippen molar-refractivity contribution in [3.63, 3.8) is 0 Å². The van der Waals surface area contributed by atoms with Gasteiger partial charge in [0.1, 0.15) is 0 Å². The first-order valence-corrected chi connectivity index (χ1v) is 4.49. The zero-order valence-electron chi connectivity index (χ0n) is 8.08. The molecular weight excluding hydrogens is 172 g/mol. The Morgan fingerprint density at radius 3 is 2.46 bits per heavy atom. The lowest BCUT2D eigenvalue weighted by molar-refractivity contribution is -0.262. The number of rotatable bonds is 3. The third-order valence-corrected chi connectivity index (χ3v) is 2.10. The van der Waals surface area contributed by atoms with E-state index in [9.17, 15) is 4.79 Å². The Labute approximate surface area is 77.8 Å². The first-order valence-electron chi connectivity index (χ1n) is 4.49. The van der Waals surface area contributed by atoms with Crippen LogP contribution in [-0.4, -0.2) is 30.1 Å². The van der Waals surface area contributed by atoms with Crippen LogP contribution in [0.15, 0.2) is 0 Å². The molecular formula is C9H16O4. The summed E-state index contributed by atoms with van der Waals surface area (Å²) in [5.74, 6) is -1.03. The summed E-state index contributed by atoms with van der Waals surface area (Å²) in [6, 6.07) is 0. The molecule has 1 aliphatic heterocycles. The van der Waals surface area contributed by atoms with Crippen LogP contribution in [0.2, 0.25) is 0 Å². The maximum Gasteiger partial charge on any atom is 0.303 e. The van der Waals surface area contributed by atoms with Crippen molar-refractivity contribution in [3.8, 4) is 0 Å². The van der Waals surface area contributed by atoms with Crippen molar-refractivity contribution in [1.29, 1.82) is 0 Å². The van der Waals surface area contributed by atoms with Gasteiger partial charge in [0.25, 0.3) is 0 Å². The number of carboxylic acids is 1. The maximum absolute atomic E-state index is 10.3. The van der Waals surface area contributed by atoms with Gasteiger partial charge < -0.3 is 14.6 Å². The lowest BCUT2D eigenvalue weighted by Gasteiger charge is -2.34. The van der Waals surface area contributed by atoms with E-state index in [0.717, 1.165) is 0 Å². The van der Waals surface area contributed by atoms with E-state index in [-0.39, 0.29) is 12.3 Å². The highest BCUT2D eigenvalue weighted by Crippen LogP contribution is 2.22. The summed E-state index contributed by atoms with van der Waals surface area (Å²) in [5, 5.41) is 8.47. The summed E-state index contributed by atoms with van der Waals surface area (Å²) in [6.45, 7) is 4.92. The smallest absolute Gasteiger partial charge is 0.303 e. The largest absolute Gasteiger partial charge is 0.481 e. The average molecular weight is 188 g/mol. The minimum Gasteiger partial charge on any atom is -0.481 e. The van der Waals surface area contributed by atoms with Crippen molar-refractivity contribution in [3.05, 3.63) is 0 Å². The van der Waals surface area contributed by atoms with Crippen LogP contribution >= 0.6 is 0 Å². The molecule has 1 saturated heterocycles. The number of hydrogen-bond acceptors (Lipinski definition) is 3. The van der Waals surface area contributed by atoms with Gasteiger partial charge in [-0.3, -0.25) is 4.79 Å². The second-order valence-electron chi connectivity index (χ2n) is 3.82. The molecule has 1 heterocycles. The van der Waals surface area contributed by atoms with Crippen LogP contribution < -0.4 is 0 Å². The molecule has 0 aromatic rings. The fourth-order valence-corrected chi connectivity index (χ4v) is 1.22. The molecule has 1 N–H and O–H groups in total. The van der Waals surface area contributed by atoms with Crippen LogP contribution in [0.25, 0.3) is 0 Å². The average Bonchev–Trinajstić information content (AvgIpc) is 2.02. The minimum atomic E-state index is -0.759. The predicted octanol–water partition coefficient (Wildman–Crippen LogP) is 1.25. The van der Waals surface area contributed by atoms with E-state index in [4.69, 9.17) is 14.6 Å². The molecule has 1 fully saturated rings. The van der Waals surface area contributed by atoms with E-state index < -0.39 is 11.8 Å². The van der Waals surface area contributed by atoms with Gasteiger partial charge in [0.15, 0.2) is 5.79 Å². The highest BCUT2D eigenvalue weighted by atomic mass is 16.7. The third-order valence-electron chi connectivity index (χ3n) is 2.10. The number of carbonyl (C=O) groups is 1. The van der Waals surface area contributed by atoms with Crippen molar-refractivity contribution < 1.29 is 19.4 Å². The summed E-state index contributed by atoms with van der Waals surface area (Å²) < 4.78 is 10.8. The highest BCUT2D eigenvalue weighted by Gasteiger charge is 2.28. The van der Waals surface area contributed by atoms with Gasteiger partial charge in [-0.1, -0.05) is 0 Å². The lowest BCUT2D eigenvalue weighted by atomic mass is 10.0. The summed E-state index contributed by atoms with van der Waals surface area (Å²) in [5.41, 5.74) is 0. The SMILES string of the molecule is CC1(C)OCC(CCC(=O)O)CO1. The van der Waals surface area contributed by atoms with Crippen molar-refractivity contribution >= 4 is 5.97 Å². The normalized spacial score (nSPS) is 22.9. The van der Waals surface area contributed by atoms with Crippen LogP contribution in [0.4, 0.5) is 0 Å². The van der Waals surface area contributed by atoms with Crippen LogP contribution in [0.1, 0.15) is 26.7 Å². The monoisotopic (exact) mass is 188 g/mol. The van der Waals surface area contributed by atoms with Crippen molar-refractivity contribution in [2.75, 3.05) is 13.2 Å². The second kappa shape index (κ2) is 4.07. The molecule has 76 valence electrons. The Morgan fingerprint density at radius 1 is 1.46 bits per heavy atom. The molecule has 4 heteroatoms. The first kappa shape index (κ1) is 10.5. The van der Waals surface area contributed by atoms with Crippen LogP contribution in [0.5, 0.6) is 0 Å². The van der Waals surface area contributed by atoms with Gasteiger partial charge in [0, 0.05) is 12.3 Å². The molecule has 0 aliphatic carbocycles. The molecule has 0 amide bonds. The number of aliphatic carboxylic acids is 1. The topological polar surface area (TPSA) is 55.8 Å². The lowest BCUT2D eigenvalue weighted by Crippen LogP contribution is -2.39. The Balaban J connectivity index is 2.21. The Kier molecular flexibility index (Phi) is 3.27. The molecule has 0 spiro atoms. The van der Waals surface area contributed by atoms with E-state index >= 15 is 0 Å². The summed E-state index contributed by atoms with van der Waals surface area (Å²) >= 11 is 0. The summed E-state index contributed by atoms with van der Waals surface area (Å²) in [6.07, 6.45) is 0.823. The minimum absolute atomic E-state index is 0.192. The fourth-order valence-electron chi connectivity index (χ4n) is 1.22. The zero-order chi connectivity index (χ0) is 9.90. The van der Waals surface area contributed by atoms with Gasteiger partial charge in [-0.2, -0.15) is 0 Å². The Morgan fingerprint density at radius 2 is 2.00 bits per heavy atom. The van der Waals surface area contributed by atoms with E-state index in [1.807, 2.05) is 13.8 Å². The first-order chi connectivity index (χ1) is 5.99. The highest BCUT2D eigenvalue weighted by molar-refractivity contribution is 5.66. The standard InChI is InChI=1S/C9H16O4/c1-9(2)12-5-7(6-13-9)3-4-8(10)11/h7H,3-6H2,1-2H3,(H,10,11). The molecule has 0 saturated carbocycles. The van der Waals surface area contributed by atoms with Gasteiger partial charge >= 0.3 is 5.97 Å². The number of ether oxygens (including phenoxy) is 2.